The molecular weight excluding hydrogens is 214 g/mol. The van der Waals surface area contributed by atoms with Crippen LogP contribution >= 0.6 is 0 Å². The second-order valence-corrected chi connectivity index (χ2v) is 4.62. The van der Waals surface area contributed by atoms with Crippen LogP contribution in [0.1, 0.15) is 34.1 Å². The second-order valence-electron chi connectivity index (χ2n) is 4.62. The summed E-state index contributed by atoms with van der Waals surface area (Å²) < 4.78 is 0. The van der Waals surface area contributed by atoms with Crippen LogP contribution < -0.4 is 5.73 Å². The normalized spacial score (nSPS) is 15.5. The van der Waals surface area contributed by atoms with Crippen LogP contribution in [0.3, 0.4) is 0 Å². The van der Waals surface area contributed by atoms with E-state index in [1.165, 1.54) is 0 Å². The summed E-state index contributed by atoms with van der Waals surface area (Å²) in [5, 5.41) is 9.37. The molecular formula is C13H31N3O. The molecule has 0 aromatic carbocycles. The molecule has 0 saturated heterocycles. The molecule has 0 fully saturated rings. The minimum absolute atomic E-state index is 0.0217. The summed E-state index contributed by atoms with van der Waals surface area (Å²) in [5.41, 5.74) is 5.90. The number of nitrogens with zero attached hydrogens (tertiary/aromatic N) is 2. The van der Waals surface area contributed by atoms with Gasteiger partial charge in [-0.2, -0.15) is 0 Å². The molecule has 0 heterocycles. The Morgan fingerprint density at radius 1 is 1.06 bits per heavy atom. The van der Waals surface area contributed by atoms with Crippen molar-refractivity contribution in [3.8, 4) is 0 Å². The zero-order chi connectivity index (χ0) is 13.3. The third kappa shape index (κ3) is 6.36. The molecule has 2 unspecified atom stereocenters. The fourth-order valence-electron chi connectivity index (χ4n) is 2.21. The monoisotopic (exact) mass is 245 g/mol. The topological polar surface area (TPSA) is 52.7 Å². The number of rotatable bonds is 10. The standard InChI is InChI=1S/C13H31N3O/c1-5-15(6-2)9-8-10-16(7-3)13(11-17)12(4)14/h12-13,17H,5-11,14H2,1-4H3. The van der Waals surface area contributed by atoms with Crippen molar-refractivity contribution in [2.24, 2.45) is 5.73 Å². The van der Waals surface area contributed by atoms with Crippen LogP contribution in [-0.4, -0.2) is 66.3 Å². The highest BCUT2D eigenvalue weighted by Gasteiger charge is 2.19. The Kier molecular flexibility index (Phi) is 9.74. The van der Waals surface area contributed by atoms with Crippen molar-refractivity contribution >= 4 is 0 Å². The maximum absolute atomic E-state index is 9.37. The van der Waals surface area contributed by atoms with E-state index in [9.17, 15) is 5.11 Å². The number of hydrogen-bond acceptors (Lipinski definition) is 4. The Morgan fingerprint density at radius 2 is 1.65 bits per heavy atom. The van der Waals surface area contributed by atoms with Crippen LogP contribution in [0.4, 0.5) is 0 Å². The maximum Gasteiger partial charge on any atom is 0.0601 e. The van der Waals surface area contributed by atoms with Crippen molar-refractivity contribution in [3.05, 3.63) is 0 Å². The summed E-state index contributed by atoms with van der Waals surface area (Å²) in [4.78, 5) is 4.71. The van der Waals surface area contributed by atoms with Crippen LogP contribution in [0.15, 0.2) is 0 Å². The van der Waals surface area contributed by atoms with Gasteiger partial charge in [-0.15, -0.1) is 0 Å². The zero-order valence-corrected chi connectivity index (χ0v) is 12.0. The molecule has 104 valence electrons. The predicted molar refractivity (Wildman–Crippen MR) is 74.2 cm³/mol. The van der Waals surface area contributed by atoms with E-state index >= 15 is 0 Å². The molecule has 0 spiro atoms. The van der Waals surface area contributed by atoms with Crippen LogP contribution in [0.5, 0.6) is 0 Å². The summed E-state index contributed by atoms with van der Waals surface area (Å²) in [6, 6.07) is 0.116. The van der Waals surface area contributed by atoms with Crippen molar-refractivity contribution < 1.29 is 5.11 Å². The highest BCUT2D eigenvalue weighted by atomic mass is 16.3. The van der Waals surface area contributed by atoms with Crippen molar-refractivity contribution in [1.29, 1.82) is 0 Å². The van der Waals surface area contributed by atoms with Crippen molar-refractivity contribution in [3.63, 3.8) is 0 Å². The third-order valence-corrected chi connectivity index (χ3v) is 3.48. The quantitative estimate of drug-likeness (QED) is 0.596. The lowest BCUT2D eigenvalue weighted by Crippen LogP contribution is -2.49. The van der Waals surface area contributed by atoms with E-state index in [4.69, 9.17) is 5.73 Å². The Hall–Kier alpha value is -0.160. The van der Waals surface area contributed by atoms with Gasteiger partial charge in [-0.1, -0.05) is 20.8 Å². The van der Waals surface area contributed by atoms with Crippen LogP contribution in [0.25, 0.3) is 0 Å². The molecule has 2 atom stereocenters. The van der Waals surface area contributed by atoms with E-state index in [1.54, 1.807) is 0 Å². The molecule has 17 heavy (non-hydrogen) atoms. The van der Waals surface area contributed by atoms with E-state index in [0.717, 1.165) is 39.1 Å². The molecule has 0 saturated carbocycles. The molecule has 0 bridgehead atoms. The summed E-state index contributed by atoms with van der Waals surface area (Å²) in [6.07, 6.45) is 1.14. The molecule has 0 radical (unpaired) electrons. The van der Waals surface area contributed by atoms with Gasteiger partial charge in [0.25, 0.3) is 0 Å². The van der Waals surface area contributed by atoms with E-state index in [2.05, 4.69) is 30.6 Å². The number of aliphatic hydroxyl groups is 1. The van der Waals surface area contributed by atoms with E-state index in [0.29, 0.717) is 0 Å². The lowest BCUT2D eigenvalue weighted by molar-refractivity contribution is 0.108. The average molecular weight is 245 g/mol. The molecule has 4 nitrogen and oxygen atoms in total. The minimum Gasteiger partial charge on any atom is -0.395 e. The maximum atomic E-state index is 9.37. The Bertz CT molecular complexity index is 172. The first-order valence-corrected chi connectivity index (χ1v) is 6.93. The number of aliphatic hydroxyl groups excluding tert-OH is 1. The van der Waals surface area contributed by atoms with Gasteiger partial charge in [0, 0.05) is 12.1 Å². The lowest BCUT2D eigenvalue weighted by Gasteiger charge is -2.32. The Balaban J connectivity index is 4.04. The van der Waals surface area contributed by atoms with Gasteiger partial charge < -0.3 is 15.7 Å². The molecule has 0 aromatic rings. The largest absolute Gasteiger partial charge is 0.395 e. The van der Waals surface area contributed by atoms with Crippen molar-refractivity contribution in [2.45, 2.75) is 46.2 Å². The summed E-state index contributed by atoms with van der Waals surface area (Å²) in [6.45, 7) is 13.9. The first-order valence-electron chi connectivity index (χ1n) is 6.93. The lowest BCUT2D eigenvalue weighted by atomic mass is 10.1. The van der Waals surface area contributed by atoms with Gasteiger partial charge in [0.1, 0.15) is 0 Å². The Labute approximate surface area is 107 Å². The summed E-state index contributed by atoms with van der Waals surface area (Å²) >= 11 is 0. The fraction of sp³-hybridized carbons (Fsp3) is 1.00. The number of nitrogens with two attached hydrogens (primary N) is 1. The van der Waals surface area contributed by atoms with Crippen molar-refractivity contribution in [2.75, 3.05) is 39.3 Å². The van der Waals surface area contributed by atoms with Crippen molar-refractivity contribution in [1.82, 2.24) is 9.80 Å². The molecule has 4 heteroatoms. The SMILES string of the molecule is CCN(CC)CCCN(CC)C(CO)C(C)N. The highest BCUT2D eigenvalue weighted by molar-refractivity contribution is 4.78. The summed E-state index contributed by atoms with van der Waals surface area (Å²) in [7, 11) is 0. The average Bonchev–Trinajstić information content (AvgIpc) is 2.32. The van der Waals surface area contributed by atoms with E-state index < -0.39 is 0 Å². The van der Waals surface area contributed by atoms with Gasteiger partial charge in [-0.25, -0.2) is 0 Å². The molecule has 0 aromatic heterocycles. The van der Waals surface area contributed by atoms with Crippen LogP contribution in [0.2, 0.25) is 0 Å². The van der Waals surface area contributed by atoms with Gasteiger partial charge >= 0.3 is 0 Å². The van der Waals surface area contributed by atoms with Gasteiger partial charge in [0.15, 0.2) is 0 Å². The van der Waals surface area contributed by atoms with E-state index in [-0.39, 0.29) is 18.7 Å². The predicted octanol–water partition coefficient (Wildman–Crippen LogP) is 0.748. The van der Waals surface area contributed by atoms with Gasteiger partial charge in [0.2, 0.25) is 0 Å². The van der Waals surface area contributed by atoms with Gasteiger partial charge in [0.05, 0.1) is 6.61 Å². The van der Waals surface area contributed by atoms with Crippen LogP contribution in [-0.2, 0) is 0 Å². The first kappa shape index (κ1) is 16.8. The molecule has 0 aliphatic rings. The summed E-state index contributed by atoms with van der Waals surface area (Å²) in [5.74, 6) is 0. The second kappa shape index (κ2) is 9.83. The zero-order valence-electron chi connectivity index (χ0n) is 12.0. The molecule has 0 amide bonds. The third-order valence-electron chi connectivity index (χ3n) is 3.48. The van der Waals surface area contributed by atoms with Gasteiger partial charge in [-0.3, -0.25) is 4.90 Å². The van der Waals surface area contributed by atoms with Crippen LogP contribution in [0, 0.1) is 0 Å². The first-order chi connectivity index (χ1) is 8.10. The fourth-order valence-corrected chi connectivity index (χ4v) is 2.21. The highest BCUT2D eigenvalue weighted by Crippen LogP contribution is 2.04. The smallest absolute Gasteiger partial charge is 0.0601 e. The molecule has 0 rings (SSSR count). The number of likely N-dealkylation sites (N-methyl/N-ethyl adjacent to an activating group) is 1. The van der Waals surface area contributed by atoms with E-state index in [1.807, 2.05) is 6.92 Å². The number of hydrogen-bond donors (Lipinski definition) is 2. The molecule has 0 aliphatic heterocycles. The minimum atomic E-state index is 0.0217. The Morgan fingerprint density at radius 3 is 2.00 bits per heavy atom. The molecule has 3 N–H and O–H groups in total. The molecule has 0 aliphatic carbocycles. The van der Waals surface area contributed by atoms with Gasteiger partial charge in [-0.05, 0) is 46.1 Å².